The summed E-state index contributed by atoms with van der Waals surface area (Å²) < 4.78 is 14.1. The molecular formula is C22H38FIN6. The van der Waals surface area contributed by atoms with Crippen molar-refractivity contribution < 1.29 is 4.39 Å². The second kappa shape index (κ2) is 12.7. The molecule has 2 aliphatic heterocycles. The third kappa shape index (κ3) is 6.68. The zero-order valence-electron chi connectivity index (χ0n) is 18.7. The molecule has 0 spiro atoms. The van der Waals surface area contributed by atoms with Crippen molar-refractivity contribution in [1.82, 2.24) is 20.0 Å². The lowest BCUT2D eigenvalue weighted by Gasteiger charge is -2.39. The highest BCUT2D eigenvalue weighted by Crippen LogP contribution is 2.20. The zero-order chi connectivity index (χ0) is 20.6. The second-order valence-electron chi connectivity index (χ2n) is 7.94. The van der Waals surface area contributed by atoms with Gasteiger partial charge in [-0.25, -0.2) is 4.39 Å². The quantitative estimate of drug-likeness (QED) is 0.347. The van der Waals surface area contributed by atoms with E-state index in [1.807, 2.05) is 12.1 Å². The van der Waals surface area contributed by atoms with Gasteiger partial charge in [0.2, 0.25) is 0 Å². The lowest BCUT2D eigenvalue weighted by Crippen LogP contribution is -2.53. The van der Waals surface area contributed by atoms with E-state index in [1.54, 1.807) is 6.07 Å². The molecule has 3 rings (SSSR count). The fourth-order valence-corrected chi connectivity index (χ4v) is 4.15. The van der Waals surface area contributed by atoms with Gasteiger partial charge in [-0.3, -0.25) is 9.89 Å². The van der Waals surface area contributed by atoms with E-state index < -0.39 is 0 Å². The standard InChI is InChI=1S/C22H37FN6.HI/c1-4-24-22(25-18-19(3)27-12-10-26(5-2)11-13-27)29-16-14-28(15-17-29)21-9-7-6-8-20(21)23;/h6-9,19H,4-5,10-18H2,1-3H3,(H,24,25);1H. The summed E-state index contributed by atoms with van der Waals surface area (Å²) in [6.45, 7) is 17.3. The summed E-state index contributed by atoms with van der Waals surface area (Å²) in [4.78, 5) is 14.4. The first-order valence-corrected chi connectivity index (χ1v) is 11.1. The maximum absolute atomic E-state index is 14.1. The van der Waals surface area contributed by atoms with Gasteiger partial charge in [-0.1, -0.05) is 19.1 Å². The number of benzene rings is 1. The molecule has 0 radical (unpaired) electrons. The maximum Gasteiger partial charge on any atom is 0.194 e. The van der Waals surface area contributed by atoms with Crippen molar-refractivity contribution in [2.45, 2.75) is 26.8 Å². The topological polar surface area (TPSA) is 37.4 Å². The summed E-state index contributed by atoms with van der Waals surface area (Å²) in [6.07, 6.45) is 0. The summed E-state index contributed by atoms with van der Waals surface area (Å²) >= 11 is 0. The van der Waals surface area contributed by atoms with Crippen molar-refractivity contribution in [2.24, 2.45) is 4.99 Å². The molecule has 1 aromatic carbocycles. The van der Waals surface area contributed by atoms with Crippen molar-refractivity contribution >= 4 is 35.6 Å². The van der Waals surface area contributed by atoms with E-state index in [1.165, 1.54) is 6.07 Å². The molecular weight excluding hydrogens is 494 g/mol. The molecule has 0 aromatic heterocycles. The molecule has 170 valence electrons. The third-order valence-electron chi connectivity index (χ3n) is 6.09. The Labute approximate surface area is 198 Å². The Bertz CT molecular complexity index is 657. The molecule has 30 heavy (non-hydrogen) atoms. The van der Waals surface area contributed by atoms with Crippen LogP contribution in [0.3, 0.4) is 0 Å². The number of hydrogen-bond donors (Lipinski definition) is 1. The number of guanidine groups is 1. The number of nitrogens with zero attached hydrogens (tertiary/aromatic N) is 5. The highest BCUT2D eigenvalue weighted by molar-refractivity contribution is 14.0. The largest absolute Gasteiger partial charge is 0.366 e. The molecule has 2 aliphatic rings. The van der Waals surface area contributed by atoms with Crippen LogP contribution in [0.2, 0.25) is 0 Å². The van der Waals surface area contributed by atoms with Gasteiger partial charge in [0.15, 0.2) is 5.96 Å². The van der Waals surface area contributed by atoms with Crippen LogP contribution in [-0.2, 0) is 0 Å². The molecule has 2 fully saturated rings. The average molecular weight is 532 g/mol. The molecule has 6 nitrogen and oxygen atoms in total. The number of rotatable bonds is 6. The smallest absolute Gasteiger partial charge is 0.194 e. The summed E-state index contributed by atoms with van der Waals surface area (Å²) in [5, 5.41) is 3.45. The van der Waals surface area contributed by atoms with E-state index >= 15 is 0 Å². The Balaban J connectivity index is 0.00000320. The predicted molar refractivity (Wildman–Crippen MR) is 135 cm³/mol. The summed E-state index contributed by atoms with van der Waals surface area (Å²) in [7, 11) is 0. The zero-order valence-corrected chi connectivity index (χ0v) is 21.0. The van der Waals surface area contributed by atoms with E-state index in [9.17, 15) is 4.39 Å². The van der Waals surface area contributed by atoms with Crippen LogP contribution in [0.25, 0.3) is 0 Å². The Morgan fingerprint density at radius 2 is 1.70 bits per heavy atom. The van der Waals surface area contributed by atoms with E-state index in [0.717, 1.165) is 78.0 Å². The Morgan fingerprint density at radius 3 is 2.30 bits per heavy atom. The molecule has 1 N–H and O–H groups in total. The van der Waals surface area contributed by atoms with E-state index in [2.05, 4.69) is 45.7 Å². The Morgan fingerprint density at radius 1 is 1.03 bits per heavy atom. The van der Waals surface area contributed by atoms with E-state index in [-0.39, 0.29) is 29.8 Å². The van der Waals surface area contributed by atoms with Crippen molar-refractivity contribution in [3.05, 3.63) is 30.1 Å². The van der Waals surface area contributed by atoms with Gasteiger partial charge in [-0.2, -0.15) is 0 Å². The van der Waals surface area contributed by atoms with Gasteiger partial charge in [0.1, 0.15) is 5.82 Å². The minimum Gasteiger partial charge on any atom is -0.366 e. The van der Waals surface area contributed by atoms with Crippen LogP contribution in [-0.4, -0.2) is 98.7 Å². The van der Waals surface area contributed by atoms with Crippen molar-refractivity contribution in [1.29, 1.82) is 0 Å². The predicted octanol–water partition coefficient (Wildman–Crippen LogP) is 2.56. The van der Waals surface area contributed by atoms with Gasteiger partial charge < -0.3 is 20.0 Å². The van der Waals surface area contributed by atoms with Crippen molar-refractivity contribution in [2.75, 3.05) is 76.9 Å². The van der Waals surface area contributed by atoms with Gasteiger partial charge in [-0.05, 0) is 32.5 Å². The summed E-state index contributed by atoms with van der Waals surface area (Å²) in [6, 6.07) is 7.49. The first-order valence-electron chi connectivity index (χ1n) is 11.1. The Hall–Kier alpha value is -1.13. The molecule has 1 atom stereocenters. The minimum atomic E-state index is -0.140. The number of para-hydroxylation sites is 1. The molecule has 0 saturated carbocycles. The lowest BCUT2D eigenvalue weighted by molar-refractivity contribution is 0.109. The van der Waals surface area contributed by atoms with Crippen LogP contribution in [0.15, 0.2) is 29.3 Å². The van der Waals surface area contributed by atoms with Crippen LogP contribution < -0.4 is 10.2 Å². The van der Waals surface area contributed by atoms with Crippen LogP contribution in [0, 0.1) is 5.82 Å². The van der Waals surface area contributed by atoms with Crippen LogP contribution in [0.1, 0.15) is 20.8 Å². The minimum absolute atomic E-state index is 0. The number of aliphatic imine (C=N–C) groups is 1. The van der Waals surface area contributed by atoms with Gasteiger partial charge in [0.25, 0.3) is 0 Å². The van der Waals surface area contributed by atoms with Crippen molar-refractivity contribution in [3.8, 4) is 0 Å². The molecule has 8 heteroatoms. The highest BCUT2D eigenvalue weighted by atomic mass is 127. The SMILES string of the molecule is CCNC(=NCC(C)N1CCN(CC)CC1)N1CCN(c2ccccc2F)CC1.I. The molecule has 0 aliphatic carbocycles. The first kappa shape index (κ1) is 25.1. The van der Waals surface area contributed by atoms with Gasteiger partial charge in [0.05, 0.1) is 12.2 Å². The fraction of sp³-hybridized carbons (Fsp3) is 0.682. The normalized spacial score (nSPS) is 20.1. The first-order chi connectivity index (χ1) is 14.1. The van der Waals surface area contributed by atoms with Gasteiger partial charge in [0, 0.05) is 64.9 Å². The van der Waals surface area contributed by atoms with Crippen LogP contribution >= 0.6 is 24.0 Å². The third-order valence-corrected chi connectivity index (χ3v) is 6.09. The lowest BCUT2D eigenvalue weighted by atomic mass is 10.2. The number of anilines is 1. The fourth-order valence-electron chi connectivity index (χ4n) is 4.15. The van der Waals surface area contributed by atoms with Gasteiger partial charge >= 0.3 is 0 Å². The molecule has 1 unspecified atom stereocenters. The number of nitrogens with one attached hydrogen (secondary N) is 1. The number of hydrogen-bond acceptors (Lipinski definition) is 4. The van der Waals surface area contributed by atoms with Gasteiger partial charge in [-0.15, -0.1) is 24.0 Å². The second-order valence-corrected chi connectivity index (χ2v) is 7.94. The Kier molecular flexibility index (Phi) is 10.6. The van der Waals surface area contributed by atoms with Crippen LogP contribution in [0.5, 0.6) is 0 Å². The summed E-state index contributed by atoms with van der Waals surface area (Å²) in [5.41, 5.74) is 0.703. The number of piperazine rings is 2. The maximum atomic E-state index is 14.1. The highest BCUT2D eigenvalue weighted by Gasteiger charge is 2.23. The average Bonchev–Trinajstić information content (AvgIpc) is 2.77. The monoisotopic (exact) mass is 532 g/mol. The number of likely N-dealkylation sites (N-methyl/N-ethyl adjacent to an activating group) is 1. The van der Waals surface area contributed by atoms with Crippen molar-refractivity contribution in [3.63, 3.8) is 0 Å². The van der Waals surface area contributed by atoms with E-state index in [0.29, 0.717) is 11.7 Å². The molecule has 0 bridgehead atoms. The summed E-state index contributed by atoms with van der Waals surface area (Å²) in [5.74, 6) is 0.846. The van der Waals surface area contributed by atoms with E-state index in [4.69, 9.17) is 4.99 Å². The molecule has 1 aromatic rings. The molecule has 2 heterocycles. The number of halogens is 2. The van der Waals surface area contributed by atoms with Crippen LogP contribution in [0.4, 0.5) is 10.1 Å². The molecule has 0 amide bonds. The molecule has 2 saturated heterocycles.